The molecule has 0 aliphatic heterocycles. The van der Waals surface area contributed by atoms with Crippen LogP contribution in [-0.2, 0) is 0 Å². The number of rotatable bonds is 4. The molecule has 0 aliphatic carbocycles. The number of nitrogens with zero attached hydrogens (tertiary/aromatic N) is 2. The molecule has 0 aliphatic rings. The molecular formula is C12H14FN3. The standard InChI is InChI=1S/C12H14FN3/c1-2-11(15-16-7-3-4-8-16)12-6-5-10(13)9-14-12/h3-9,11,15H,2H2,1H3. The van der Waals surface area contributed by atoms with E-state index in [2.05, 4.69) is 17.3 Å². The molecule has 0 amide bonds. The van der Waals surface area contributed by atoms with Gasteiger partial charge in [-0.2, -0.15) is 0 Å². The summed E-state index contributed by atoms with van der Waals surface area (Å²) in [6.07, 6.45) is 5.98. The summed E-state index contributed by atoms with van der Waals surface area (Å²) in [6, 6.07) is 7.12. The van der Waals surface area contributed by atoms with Gasteiger partial charge in [-0.15, -0.1) is 0 Å². The molecule has 84 valence electrons. The summed E-state index contributed by atoms with van der Waals surface area (Å²) in [5.41, 5.74) is 4.12. The van der Waals surface area contributed by atoms with Gasteiger partial charge in [0.1, 0.15) is 5.82 Å². The molecule has 4 heteroatoms. The Bertz CT molecular complexity index is 422. The van der Waals surface area contributed by atoms with E-state index in [1.807, 2.05) is 29.2 Å². The molecule has 2 aromatic heterocycles. The second-order valence-electron chi connectivity index (χ2n) is 3.58. The summed E-state index contributed by atoms with van der Waals surface area (Å²) in [5.74, 6) is -0.306. The topological polar surface area (TPSA) is 29.9 Å². The second kappa shape index (κ2) is 4.79. The lowest BCUT2D eigenvalue weighted by molar-refractivity contribution is 0.603. The van der Waals surface area contributed by atoms with Crippen LogP contribution in [0.5, 0.6) is 0 Å². The highest BCUT2D eigenvalue weighted by atomic mass is 19.1. The third-order valence-corrected chi connectivity index (χ3v) is 2.42. The van der Waals surface area contributed by atoms with Gasteiger partial charge in [-0.05, 0) is 30.7 Å². The van der Waals surface area contributed by atoms with Gasteiger partial charge in [0, 0.05) is 12.4 Å². The number of nitrogens with one attached hydrogen (secondary N) is 1. The molecule has 2 heterocycles. The van der Waals surface area contributed by atoms with Gasteiger partial charge in [-0.1, -0.05) is 6.92 Å². The molecule has 0 saturated heterocycles. The van der Waals surface area contributed by atoms with Crippen LogP contribution in [0.1, 0.15) is 25.1 Å². The van der Waals surface area contributed by atoms with Gasteiger partial charge in [0.2, 0.25) is 0 Å². The molecule has 1 N–H and O–H groups in total. The maximum Gasteiger partial charge on any atom is 0.141 e. The van der Waals surface area contributed by atoms with Crippen molar-refractivity contribution in [2.45, 2.75) is 19.4 Å². The van der Waals surface area contributed by atoms with Gasteiger partial charge in [0.15, 0.2) is 0 Å². The number of pyridine rings is 1. The summed E-state index contributed by atoms with van der Waals surface area (Å²) in [6.45, 7) is 2.06. The fourth-order valence-electron chi connectivity index (χ4n) is 1.56. The van der Waals surface area contributed by atoms with E-state index in [-0.39, 0.29) is 11.9 Å². The molecule has 2 rings (SSSR count). The Kier molecular flexibility index (Phi) is 3.19. The molecule has 1 unspecified atom stereocenters. The van der Waals surface area contributed by atoms with Gasteiger partial charge >= 0.3 is 0 Å². The fourth-order valence-corrected chi connectivity index (χ4v) is 1.56. The molecular weight excluding hydrogens is 205 g/mol. The van der Waals surface area contributed by atoms with Crippen LogP contribution in [0.25, 0.3) is 0 Å². The van der Waals surface area contributed by atoms with Crippen molar-refractivity contribution in [2.75, 3.05) is 5.43 Å². The molecule has 2 aromatic rings. The molecule has 1 atom stereocenters. The van der Waals surface area contributed by atoms with Crippen LogP contribution in [0.2, 0.25) is 0 Å². The summed E-state index contributed by atoms with van der Waals surface area (Å²) < 4.78 is 14.6. The number of aromatic nitrogens is 2. The molecule has 3 nitrogen and oxygen atoms in total. The third kappa shape index (κ3) is 2.39. The highest BCUT2D eigenvalue weighted by Gasteiger charge is 2.09. The lowest BCUT2D eigenvalue weighted by Gasteiger charge is -2.18. The van der Waals surface area contributed by atoms with E-state index in [0.29, 0.717) is 0 Å². The van der Waals surface area contributed by atoms with Gasteiger partial charge < -0.3 is 5.43 Å². The zero-order valence-corrected chi connectivity index (χ0v) is 9.10. The number of hydrogen-bond acceptors (Lipinski definition) is 2. The van der Waals surface area contributed by atoms with Crippen LogP contribution in [0.15, 0.2) is 42.9 Å². The number of halogens is 1. The first-order valence-electron chi connectivity index (χ1n) is 5.30. The van der Waals surface area contributed by atoms with E-state index in [1.165, 1.54) is 12.3 Å². The maximum atomic E-state index is 12.7. The SMILES string of the molecule is CCC(Nn1cccc1)c1ccc(F)cn1. The third-order valence-electron chi connectivity index (χ3n) is 2.42. The largest absolute Gasteiger partial charge is 0.317 e. The van der Waals surface area contributed by atoms with Gasteiger partial charge in [0.05, 0.1) is 17.9 Å². The normalized spacial score (nSPS) is 12.4. The lowest BCUT2D eigenvalue weighted by Crippen LogP contribution is -2.19. The molecule has 0 bridgehead atoms. The minimum Gasteiger partial charge on any atom is -0.317 e. The van der Waals surface area contributed by atoms with Crippen molar-refractivity contribution in [2.24, 2.45) is 0 Å². The summed E-state index contributed by atoms with van der Waals surface area (Å²) >= 11 is 0. The molecule has 16 heavy (non-hydrogen) atoms. The maximum absolute atomic E-state index is 12.7. The van der Waals surface area contributed by atoms with Gasteiger partial charge in [-0.25, -0.2) is 4.39 Å². The van der Waals surface area contributed by atoms with Crippen molar-refractivity contribution in [3.8, 4) is 0 Å². The molecule has 0 aromatic carbocycles. The Morgan fingerprint density at radius 1 is 1.38 bits per heavy atom. The van der Waals surface area contributed by atoms with Crippen molar-refractivity contribution < 1.29 is 4.39 Å². The average molecular weight is 219 g/mol. The van der Waals surface area contributed by atoms with E-state index >= 15 is 0 Å². The van der Waals surface area contributed by atoms with E-state index in [1.54, 1.807) is 6.07 Å². The van der Waals surface area contributed by atoms with E-state index < -0.39 is 0 Å². The molecule has 0 spiro atoms. The van der Waals surface area contributed by atoms with Crippen LogP contribution >= 0.6 is 0 Å². The van der Waals surface area contributed by atoms with Crippen molar-refractivity contribution in [1.29, 1.82) is 0 Å². The van der Waals surface area contributed by atoms with Crippen molar-refractivity contribution in [3.63, 3.8) is 0 Å². The highest BCUT2D eigenvalue weighted by Crippen LogP contribution is 2.15. The lowest BCUT2D eigenvalue weighted by atomic mass is 10.1. The van der Waals surface area contributed by atoms with Crippen molar-refractivity contribution in [3.05, 3.63) is 54.4 Å². The smallest absolute Gasteiger partial charge is 0.141 e. The van der Waals surface area contributed by atoms with Crippen LogP contribution in [0.3, 0.4) is 0 Å². The Labute approximate surface area is 93.9 Å². The zero-order valence-electron chi connectivity index (χ0n) is 9.10. The zero-order chi connectivity index (χ0) is 11.4. The summed E-state index contributed by atoms with van der Waals surface area (Å²) in [7, 11) is 0. The second-order valence-corrected chi connectivity index (χ2v) is 3.58. The van der Waals surface area contributed by atoms with Crippen LogP contribution < -0.4 is 5.43 Å². The minimum absolute atomic E-state index is 0.0907. The quantitative estimate of drug-likeness (QED) is 0.856. The van der Waals surface area contributed by atoms with E-state index in [9.17, 15) is 4.39 Å². The highest BCUT2D eigenvalue weighted by molar-refractivity contribution is 5.13. The Morgan fingerprint density at radius 3 is 2.69 bits per heavy atom. The molecule has 0 fully saturated rings. The van der Waals surface area contributed by atoms with Crippen LogP contribution in [0, 0.1) is 5.82 Å². The Morgan fingerprint density at radius 2 is 2.12 bits per heavy atom. The van der Waals surface area contributed by atoms with Crippen molar-refractivity contribution >= 4 is 0 Å². The monoisotopic (exact) mass is 219 g/mol. The van der Waals surface area contributed by atoms with Gasteiger partial charge in [-0.3, -0.25) is 9.66 Å². The van der Waals surface area contributed by atoms with Crippen LogP contribution in [-0.4, -0.2) is 9.66 Å². The predicted octanol–water partition coefficient (Wildman–Crippen LogP) is 2.72. The molecule has 0 radical (unpaired) electrons. The number of hydrogen-bond donors (Lipinski definition) is 1. The minimum atomic E-state index is -0.306. The Balaban J connectivity index is 2.13. The first-order chi connectivity index (χ1) is 7.79. The Hall–Kier alpha value is -1.84. The fraction of sp³-hybridized carbons (Fsp3) is 0.250. The van der Waals surface area contributed by atoms with Crippen molar-refractivity contribution in [1.82, 2.24) is 9.66 Å². The predicted molar refractivity (Wildman–Crippen MR) is 61.0 cm³/mol. The summed E-state index contributed by atoms with van der Waals surface area (Å²) in [5, 5.41) is 0. The van der Waals surface area contributed by atoms with Crippen LogP contribution in [0.4, 0.5) is 4.39 Å². The molecule has 0 saturated carbocycles. The average Bonchev–Trinajstić information content (AvgIpc) is 2.80. The summed E-state index contributed by atoms with van der Waals surface area (Å²) in [4.78, 5) is 4.08. The van der Waals surface area contributed by atoms with E-state index in [4.69, 9.17) is 0 Å². The van der Waals surface area contributed by atoms with E-state index in [0.717, 1.165) is 12.1 Å². The first-order valence-corrected chi connectivity index (χ1v) is 5.30. The van der Waals surface area contributed by atoms with Gasteiger partial charge in [0.25, 0.3) is 0 Å². The first kappa shape index (κ1) is 10.7.